The summed E-state index contributed by atoms with van der Waals surface area (Å²) >= 11 is 0. The summed E-state index contributed by atoms with van der Waals surface area (Å²) in [5.74, 6) is -1.32. The predicted molar refractivity (Wildman–Crippen MR) is 73.1 cm³/mol. The van der Waals surface area contributed by atoms with Crippen LogP contribution in [0.15, 0.2) is 18.3 Å². The lowest BCUT2D eigenvalue weighted by atomic mass is 10.4. The highest BCUT2D eigenvalue weighted by Gasteiger charge is 2.07. The number of rotatable bonds is 7. The third-order valence-electron chi connectivity index (χ3n) is 2.13. The highest BCUT2D eigenvalue weighted by molar-refractivity contribution is 5.92. The van der Waals surface area contributed by atoms with Crippen molar-refractivity contribution in [2.24, 2.45) is 0 Å². The van der Waals surface area contributed by atoms with E-state index in [0.29, 0.717) is 18.2 Å². The number of hydrogen-bond donors (Lipinski definition) is 4. The quantitative estimate of drug-likeness (QED) is 0.551. The van der Waals surface area contributed by atoms with Crippen LogP contribution in [0.2, 0.25) is 0 Å². The zero-order chi connectivity index (χ0) is 15.7. The van der Waals surface area contributed by atoms with Crippen LogP contribution >= 0.6 is 0 Å². The van der Waals surface area contributed by atoms with Gasteiger partial charge in [0.15, 0.2) is 0 Å². The molecule has 0 aromatic carbocycles. The van der Waals surface area contributed by atoms with Crippen LogP contribution in [0.5, 0.6) is 5.88 Å². The maximum atomic E-state index is 11.5. The van der Waals surface area contributed by atoms with Gasteiger partial charge in [0.1, 0.15) is 6.54 Å². The van der Waals surface area contributed by atoms with E-state index in [9.17, 15) is 14.4 Å². The number of amides is 3. The molecule has 1 rings (SSSR count). The number of nitrogens with zero attached hydrogens (tertiary/aromatic N) is 1. The zero-order valence-electron chi connectivity index (χ0n) is 11.4. The van der Waals surface area contributed by atoms with Crippen LogP contribution in [0.1, 0.15) is 6.92 Å². The summed E-state index contributed by atoms with van der Waals surface area (Å²) in [4.78, 5) is 36.8. The summed E-state index contributed by atoms with van der Waals surface area (Å²) in [7, 11) is 0. The number of carbonyl (C=O) groups is 3. The maximum absolute atomic E-state index is 11.5. The number of aromatic nitrogens is 1. The Morgan fingerprint density at radius 2 is 2.00 bits per heavy atom. The van der Waals surface area contributed by atoms with E-state index in [2.05, 4.69) is 20.9 Å². The molecule has 0 aliphatic rings. The van der Waals surface area contributed by atoms with Crippen molar-refractivity contribution in [1.29, 1.82) is 0 Å². The van der Waals surface area contributed by atoms with Crippen molar-refractivity contribution < 1.29 is 24.2 Å². The molecule has 3 amide bonds. The lowest BCUT2D eigenvalue weighted by Crippen LogP contribution is -2.40. The molecule has 0 atom stereocenters. The Morgan fingerprint density at radius 1 is 1.24 bits per heavy atom. The van der Waals surface area contributed by atoms with Gasteiger partial charge >= 0.3 is 12.0 Å². The standard InChI is InChI=1S/C12H16N4O5/c1-2-21-10-4-3-8(5-14-10)16-12(20)15-6-9(17)13-7-11(18)19/h3-5H,2,6-7H2,1H3,(H,13,17)(H,18,19)(H2,15,16,20). The van der Waals surface area contributed by atoms with Gasteiger partial charge < -0.3 is 25.8 Å². The second kappa shape index (κ2) is 8.35. The molecule has 0 aliphatic heterocycles. The van der Waals surface area contributed by atoms with E-state index in [4.69, 9.17) is 9.84 Å². The molecule has 9 nitrogen and oxygen atoms in total. The number of hydrogen-bond acceptors (Lipinski definition) is 5. The molecule has 1 aromatic heterocycles. The Morgan fingerprint density at radius 3 is 2.57 bits per heavy atom. The van der Waals surface area contributed by atoms with Crippen LogP contribution in [0.4, 0.5) is 10.5 Å². The molecule has 9 heteroatoms. The van der Waals surface area contributed by atoms with E-state index >= 15 is 0 Å². The average molecular weight is 296 g/mol. The first-order chi connectivity index (χ1) is 10.0. The van der Waals surface area contributed by atoms with E-state index in [-0.39, 0.29) is 6.54 Å². The molecule has 21 heavy (non-hydrogen) atoms. The number of aliphatic carboxylic acids is 1. The summed E-state index contributed by atoms with van der Waals surface area (Å²) < 4.78 is 5.15. The predicted octanol–water partition coefficient (Wildman–Crippen LogP) is -0.197. The highest BCUT2D eigenvalue weighted by atomic mass is 16.5. The van der Waals surface area contributed by atoms with Crippen molar-refractivity contribution in [3.8, 4) is 5.88 Å². The number of carboxylic acid groups (broad SMARTS) is 1. The van der Waals surface area contributed by atoms with E-state index < -0.39 is 24.5 Å². The minimum Gasteiger partial charge on any atom is -0.480 e. The van der Waals surface area contributed by atoms with Gasteiger partial charge in [-0.15, -0.1) is 0 Å². The van der Waals surface area contributed by atoms with Crippen LogP contribution in [0.3, 0.4) is 0 Å². The monoisotopic (exact) mass is 296 g/mol. The van der Waals surface area contributed by atoms with E-state index in [0.717, 1.165) is 0 Å². The molecule has 0 spiro atoms. The topological polar surface area (TPSA) is 130 Å². The largest absolute Gasteiger partial charge is 0.480 e. The average Bonchev–Trinajstić information content (AvgIpc) is 2.45. The van der Waals surface area contributed by atoms with Crippen LogP contribution in [0, 0.1) is 0 Å². The van der Waals surface area contributed by atoms with Crippen LogP contribution in [-0.4, -0.2) is 47.7 Å². The molecule has 0 saturated carbocycles. The number of carboxylic acids is 1. The SMILES string of the molecule is CCOc1ccc(NC(=O)NCC(=O)NCC(=O)O)cn1. The number of anilines is 1. The molecule has 114 valence electrons. The van der Waals surface area contributed by atoms with Crippen molar-refractivity contribution in [3.05, 3.63) is 18.3 Å². The molecule has 4 N–H and O–H groups in total. The van der Waals surface area contributed by atoms with Crippen molar-refractivity contribution in [3.63, 3.8) is 0 Å². The normalized spacial score (nSPS) is 9.57. The van der Waals surface area contributed by atoms with E-state index in [1.165, 1.54) is 6.20 Å². The molecule has 1 aromatic rings. The Labute approximate surface area is 120 Å². The first-order valence-electron chi connectivity index (χ1n) is 6.13. The fourth-order valence-electron chi connectivity index (χ4n) is 1.26. The first-order valence-corrected chi connectivity index (χ1v) is 6.13. The minimum absolute atomic E-state index is 0.330. The van der Waals surface area contributed by atoms with Crippen molar-refractivity contribution >= 4 is 23.6 Å². The van der Waals surface area contributed by atoms with Gasteiger partial charge in [-0.25, -0.2) is 9.78 Å². The van der Waals surface area contributed by atoms with E-state index in [1.807, 2.05) is 6.92 Å². The minimum atomic E-state index is -1.16. The van der Waals surface area contributed by atoms with Gasteiger partial charge in [0, 0.05) is 6.07 Å². The van der Waals surface area contributed by atoms with Gasteiger partial charge in [-0.1, -0.05) is 0 Å². The lowest BCUT2D eigenvalue weighted by molar-refractivity contribution is -0.137. The summed E-state index contributed by atoms with van der Waals surface area (Å²) in [6, 6.07) is 2.59. The number of urea groups is 1. The summed E-state index contributed by atoms with van der Waals surface area (Å²) in [5, 5.41) is 15.2. The number of ether oxygens (including phenoxy) is 1. The van der Waals surface area contributed by atoms with Crippen LogP contribution in [-0.2, 0) is 9.59 Å². The fourth-order valence-corrected chi connectivity index (χ4v) is 1.26. The molecular formula is C12H16N4O5. The van der Waals surface area contributed by atoms with Gasteiger partial charge in [0.05, 0.1) is 25.0 Å². The molecule has 0 bridgehead atoms. The Bertz CT molecular complexity index is 503. The number of nitrogens with one attached hydrogen (secondary N) is 3. The Kier molecular flexibility index (Phi) is 6.45. The molecular weight excluding hydrogens is 280 g/mol. The molecule has 0 fully saturated rings. The van der Waals surface area contributed by atoms with Gasteiger partial charge in [-0.2, -0.15) is 0 Å². The Hall–Kier alpha value is -2.84. The second-order valence-corrected chi connectivity index (χ2v) is 3.80. The maximum Gasteiger partial charge on any atom is 0.322 e. The third kappa shape index (κ3) is 6.76. The lowest BCUT2D eigenvalue weighted by Gasteiger charge is -2.08. The van der Waals surface area contributed by atoms with Crippen LogP contribution < -0.4 is 20.7 Å². The molecule has 0 aliphatic carbocycles. The van der Waals surface area contributed by atoms with Crippen molar-refractivity contribution in [2.45, 2.75) is 6.92 Å². The van der Waals surface area contributed by atoms with Crippen LogP contribution in [0.25, 0.3) is 0 Å². The van der Waals surface area contributed by atoms with Gasteiger partial charge in [-0.3, -0.25) is 9.59 Å². The van der Waals surface area contributed by atoms with Crippen molar-refractivity contribution in [1.82, 2.24) is 15.6 Å². The molecule has 0 radical (unpaired) electrons. The number of pyridine rings is 1. The summed E-state index contributed by atoms with van der Waals surface area (Å²) in [6.07, 6.45) is 1.41. The second-order valence-electron chi connectivity index (χ2n) is 3.80. The van der Waals surface area contributed by atoms with Gasteiger partial charge in [0.25, 0.3) is 0 Å². The fraction of sp³-hybridized carbons (Fsp3) is 0.333. The summed E-state index contributed by atoms with van der Waals surface area (Å²) in [5.41, 5.74) is 0.432. The highest BCUT2D eigenvalue weighted by Crippen LogP contribution is 2.11. The first kappa shape index (κ1) is 16.2. The molecule has 0 unspecified atom stereocenters. The molecule has 1 heterocycles. The Balaban J connectivity index is 2.33. The van der Waals surface area contributed by atoms with Crippen molar-refractivity contribution in [2.75, 3.05) is 25.0 Å². The smallest absolute Gasteiger partial charge is 0.322 e. The number of carbonyl (C=O) groups excluding carboxylic acids is 2. The zero-order valence-corrected chi connectivity index (χ0v) is 11.4. The van der Waals surface area contributed by atoms with Gasteiger partial charge in [-0.05, 0) is 13.0 Å². The third-order valence-corrected chi connectivity index (χ3v) is 2.13. The molecule has 0 saturated heterocycles. The van der Waals surface area contributed by atoms with E-state index in [1.54, 1.807) is 12.1 Å². The summed E-state index contributed by atoms with van der Waals surface area (Å²) in [6.45, 7) is 1.50. The van der Waals surface area contributed by atoms with Gasteiger partial charge in [0.2, 0.25) is 11.8 Å².